The van der Waals surface area contributed by atoms with E-state index in [1.807, 2.05) is 19.2 Å². The van der Waals surface area contributed by atoms with Gasteiger partial charge in [0.25, 0.3) is 0 Å². The van der Waals surface area contributed by atoms with E-state index in [4.69, 9.17) is 4.74 Å². The van der Waals surface area contributed by atoms with E-state index in [2.05, 4.69) is 16.7 Å². The molecule has 1 aliphatic heterocycles. The lowest BCUT2D eigenvalue weighted by molar-refractivity contribution is -0.120. The van der Waals surface area contributed by atoms with Gasteiger partial charge in [-0.05, 0) is 18.6 Å². The van der Waals surface area contributed by atoms with Gasteiger partial charge in [0.15, 0.2) is 0 Å². The van der Waals surface area contributed by atoms with E-state index in [0.717, 1.165) is 5.69 Å². The Morgan fingerprint density at radius 3 is 2.94 bits per heavy atom. The van der Waals surface area contributed by atoms with Gasteiger partial charge in [-0.25, -0.2) is 0 Å². The van der Waals surface area contributed by atoms with Crippen LogP contribution in [-0.2, 0) is 23.2 Å². The Kier molecular flexibility index (Phi) is 2.30. The first-order chi connectivity index (χ1) is 8.20. The summed E-state index contributed by atoms with van der Waals surface area (Å²) in [6.07, 6.45) is 0. The Labute approximate surface area is 100.0 Å². The number of hydrogen-bond acceptors (Lipinski definition) is 2. The van der Waals surface area contributed by atoms with Gasteiger partial charge < -0.3 is 9.30 Å². The maximum atomic E-state index is 11.7. The predicted octanol–water partition coefficient (Wildman–Crippen LogP) is 2.38. The van der Waals surface area contributed by atoms with E-state index >= 15 is 0 Å². The number of benzene rings is 1. The van der Waals surface area contributed by atoms with E-state index in [1.165, 1.54) is 16.5 Å². The van der Waals surface area contributed by atoms with Crippen LogP contribution in [0.4, 0.5) is 0 Å². The van der Waals surface area contributed by atoms with Gasteiger partial charge in [0, 0.05) is 23.6 Å². The van der Waals surface area contributed by atoms with Crippen LogP contribution in [0.5, 0.6) is 0 Å². The molecule has 2 aromatic rings. The molecule has 0 saturated carbocycles. The number of ketones is 1. The van der Waals surface area contributed by atoms with Gasteiger partial charge in [0.05, 0.1) is 19.1 Å². The standard InChI is InChI=1S/C14H15NO2/c1-9(16)11-7-17-8-13-14(11)10-5-3-4-6-12(10)15(13)2/h3-6,11H,7-8H2,1-2H3. The number of carbonyl (C=O) groups excluding carboxylic acids is 1. The van der Waals surface area contributed by atoms with Crippen LogP contribution in [0.1, 0.15) is 24.1 Å². The zero-order valence-electron chi connectivity index (χ0n) is 10.1. The maximum Gasteiger partial charge on any atom is 0.139 e. The molecule has 1 aliphatic rings. The second-order valence-corrected chi connectivity index (χ2v) is 4.61. The highest BCUT2D eigenvalue weighted by Crippen LogP contribution is 2.35. The Balaban J connectivity index is 2.35. The zero-order chi connectivity index (χ0) is 12.0. The van der Waals surface area contributed by atoms with Crippen molar-refractivity contribution in [3.63, 3.8) is 0 Å². The average molecular weight is 229 g/mol. The fraction of sp³-hybridized carbons (Fsp3) is 0.357. The lowest BCUT2D eigenvalue weighted by atomic mass is 9.92. The normalized spacial score (nSPS) is 19.3. The minimum atomic E-state index is -0.107. The zero-order valence-corrected chi connectivity index (χ0v) is 10.1. The Morgan fingerprint density at radius 1 is 1.41 bits per heavy atom. The molecule has 0 aliphatic carbocycles. The lowest BCUT2D eigenvalue weighted by Gasteiger charge is -2.22. The molecule has 0 spiro atoms. The molecule has 1 aromatic carbocycles. The maximum absolute atomic E-state index is 11.7. The number of hydrogen-bond donors (Lipinski definition) is 0. The third-order valence-corrected chi connectivity index (χ3v) is 3.63. The van der Waals surface area contributed by atoms with Crippen molar-refractivity contribution in [1.29, 1.82) is 0 Å². The van der Waals surface area contributed by atoms with Crippen LogP contribution in [0.25, 0.3) is 10.9 Å². The summed E-state index contributed by atoms with van der Waals surface area (Å²) in [6, 6.07) is 8.23. The summed E-state index contributed by atoms with van der Waals surface area (Å²) in [5.41, 5.74) is 3.48. The number of carbonyl (C=O) groups is 1. The summed E-state index contributed by atoms with van der Waals surface area (Å²) in [6.45, 7) is 2.76. The second kappa shape index (κ2) is 3.70. The fourth-order valence-corrected chi connectivity index (χ4v) is 2.72. The number of Topliss-reactive ketones (excluding diaryl/α,β-unsaturated/α-hetero) is 1. The molecule has 0 N–H and O–H groups in total. The number of nitrogens with zero attached hydrogens (tertiary/aromatic N) is 1. The first-order valence-electron chi connectivity index (χ1n) is 5.84. The monoisotopic (exact) mass is 229 g/mol. The SMILES string of the molecule is CC(=O)C1COCc2c1c1ccccc1n2C. The van der Waals surface area contributed by atoms with E-state index in [9.17, 15) is 4.79 Å². The topological polar surface area (TPSA) is 31.2 Å². The molecule has 17 heavy (non-hydrogen) atoms. The number of fused-ring (bicyclic) bond motifs is 3. The largest absolute Gasteiger partial charge is 0.374 e. The molecular formula is C14H15NO2. The van der Waals surface area contributed by atoms with Crippen molar-refractivity contribution in [3.8, 4) is 0 Å². The molecule has 2 heterocycles. The van der Waals surface area contributed by atoms with Gasteiger partial charge >= 0.3 is 0 Å². The number of rotatable bonds is 1. The van der Waals surface area contributed by atoms with E-state index in [0.29, 0.717) is 13.2 Å². The Morgan fingerprint density at radius 2 is 2.18 bits per heavy atom. The molecule has 0 saturated heterocycles. The van der Waals surface area contributed by atoms with E-state index < -0.39 is 0 Å². The molecule has 3 heteroatoms. The predicted molar refractivity (Wildman–Crippen MR) is 66.0 cm³/mol. The van der Waals surface area contributed by atoms with Crippen molar-refractivity contribution >= 4 is 16.7 Å². The first kappa shape index (κ1) is 10.5. The van der Waals surface area contributed by atoms with Gasteiger partial charge in [0.2, 0.25) is 0 Å². The molecule has 3 rings (SSSR count). The Hall–Kier alpha value is -1.61. The third kappa shape index (κ3) is 1.42. The van der Waals surface area contributed by atoms with Crippen LogP contribution < -0.4 is 0 Å². The molecule has 1 aromatic heterocycles. The summed E-state index contributed by atoms with van der Waals surface area (Å²) in [4.78, 5) is 11.7. The number of para-hydroxylation sites is 1. The molecule has 88 valence electrons. The van der Waals surface area contributed by atoms with Crippen LogP contribution in [-0.4, -0.2) is 17.0 Å². The molecule has 3 nitrogen and oxygen atoms in total. The summed E-state index contributed by atoms with van der Waals surface area (Å²) in [5, 5.41) is 1.19. The smallest absolute Gasteiger partial charge is 0.139 e. The highest BCUT2D eigenvalue weighted by atomic mass is 16.5. The van der Waals surface area contributed by atoms with Crippen molar-refractivity contribution in [2.45, 2.75) is 19.4 Å². The van der Waals surface area contributed by atoms with E-state index in [1.54, 1.807) is 6.92 Å². The molecule has 1 atom stereocenters. The van der Waals surface area contributed by atoms with Crippen LogP contribution in [0.2, 0.25) is 0 Å². The summed E-state index contributed by atoms with van der Waals surface area (Å²) >= 11 is 0. The van der Waals surface area contributed by atoms with Crippen LogP contribution in [0, 0.1) is 0 Å². The third-order valence-electron chi connectivity index (χ3n) is 3.63. The molecule has 0 bridgehead atoms. The minimum absolute atomic E-state index is 0.107. The summed E-state index contributed by atoms with van der Waals surface area (Å²) < 4.78 is 7.68. The van der Waals surface area contributed by atoms with Gasteiger partial charge in [-0.2, -0.15) is 0 Å². The van der Waals surface area contributed by atoms with Crippen molar-refractivity contribution in [3.05, 3.63) is 35.5 Å². The van der Waals surface area contributed by atoms with Crippen molar-refractivity contribution < 1.29 is 9.53 Å². The van der Waals surface area contributed by atoms with E-state index in [-0.39, 0.29) is 11.7 Å². The van der Waals surface area contributed by atoms with Gasteiger partial charge in [0.1, 0.15) is 5.78 Å². The second-order valence-electron chi connectivity index (χ2n) is 4.61. The van der Waals surface area contributed by atoms with Crippen LogP contribution in [0.15, 0.2) is 24.3 Å². The highest BCUT2D eigenvalue weighted by molar-refractivity contribution is 5.93. The van der Waals surface area contributed by atoms with Crippen molar-refractivity contribution in [2.75, 3.05) is 6.61 Å². The lowest BCUT2D eigenvalue weighted by Crippen LogP contribution is -2.22. The summed E-state index contributed by atoms with van der Waals surface area (Å²) in [5.74, 6) is 0.0761. The molecule has 1 unspecified atom stereocenters. The molecule has 0 fully saturated rings. The molecular weight excluding hydrogens is 214 g/mol. The van der Waals surface area contributed by atoms with Gasteiger partial charge in [-0.3, -0.25) is 4.79 Å². The minimum Gasteiger partial charge on any atom is -0.374 e. The Bertz CT molecular complexity index is 598. The van der Waals surface area contributed by atoms with Crippen LogP contribution in [0.3, 0.4) is 0 Å². The van der Waals surface area contributed by atoms with Crippen LogP contribution >= 0.6 is 0 Å². The van der Waals surface area contributed by atoms with Crippen molar-refractivity contribution in [2.24, 2.45) is 7.05 Å². The average Bonchev–Trinajstić information content (AvgIpc) is 2.64. The van der Waals surface area contributed by atoms with Gasteiger partial charge in [-0.15, -0.1) is 0 Å². The summed E-state index contributed by atoms with van der Waals surface area (Å²) in [7, 11) is 2.03. The van der Waals surface area contributed by atoms with Gasteiger partial charge in [-0.1, -0.05) is 18.2 Å². The quantitative estimate of drug-likeness (QED) is 0.751. The number of ether oxygens (including phenoxy) is 1. The van der Waals surface area contributed by atoms with Crippen molar-refractivity contribution in [1.82, 2.24) is 4.57 Å². The molecule has 0 radical (unpaired) electrons. The number of aryl methyl sites for hydroxylation is 1. The highest BCUT2D eigenvalue weighted by Gasteiger charge is 2.29. The first-order valence-corrected chi connectivity index (χ1v) is 5.84. The molecule has 0 amide bonds. The number of aromatic nitrogens is 1. The fourth-order valence-electron chi connectivity index (χ4n) is 2.72.